The van der Waals surface area contributed by atoms with E-state index in [0.717, 1.165) is 35.3 Å². The molecule has 2 aromatic carbocycles. The summed E-state index contributed by atoms with van der Waals surface area (Å²) < 4.78 is 5.70. The van der Waals surface area contributed by atoms with E-state index in [-0.39, 0.29) is 5.78 Å². The zero-order valence-corrected chi connectivity index (χ0v) is 11.9. The van der Waals surface area contributed by atoms with Crippen molar-refractivity contribution in [2.45, 2.75) is 19.3 Å². The van der Waals surface area contributed by atoms with E-state index in [9.17, 15) is 4.79 Å². The molecule has 0 fully saturated rings. The normalized spacial score (nSPS) is 14.2. The average Bonchev–Trinajstić information content (AvgIpc) is 2.53. The minimum absolute atomic E-state index is 0.238. The van der Waals surface area contributed by atoms with Crippen LogP contribution in [0.5, 0.6) is 5.75 Å². The molecule has 0 amide bonds. The van der Waals surface area contributed by atoms with Gasteiger partial charge in [-0.05, 0) is 42.2 Å². The van der Waals surface area contributed by atoms with Crippen LogP contribution in [-0.4, -0.2) is 12.4 Å². The van der Waals surface area contributed by atoms with Gasteiger partial charge in [-0.2, -0.15) is 0 Å². The molecule has 106 valence electrons. The quantitative estimate of drug-likeness (QED) is 0.833. The zero-order valence-electron chi connectivity index (χ0n) is 11.9. The third-order valence-corrected chi connectivity index (χ3v) is 3.69. The van der Waals surface area contributed by atoms with E-state index in [4.69, 9.17) is 4.74 Å². The molecule has 0 aromatic heterocycles. The van der Waals surface area contributed by atoms with Gasteiger partial charge < -0.3 is 4.74 Å². The van der Waals surface area contributed by atoms with Gasteiger partial charge in [0.2, 0.25) is 0 Å². The lowest BCUT2D eigenvalue weighted by atomic mass is 9.90. The summed E-state index contributed by atoms with van der Waals surface area (Å²) >= 11 is 0. The second kappa shape index (κ2) is 6.40. The van der Waals surface area contributed by atoms with Gasteiger partial charge in [-0.15, -0.1) is 0 Å². The number of benzene rings is 2. The van der Waals surface area contributed by atoms with Crippen molar-refractivity contribution in [1.82, 2.24) is 0 Å². The standard InChI is InChI=1S/C19H18O2/c20-19-10-4-9-16-11-12-17(14-18(16)19)21-13-5-8-15-6-2-1-3-7-15/h1-3,5-8,11-12,14H,4,9-10,13H2/b8-5+. The molecule has 1 aliphatic rings. The molecular weight excluding hydrogens is 260 g/mol. The predicted molar refractivity (Wildman–Crippen MR) is 84.7 cm³/mol. The fourth-order valence-electron chi connectivity index (χ4n) is 2.59. The number of aryl methyl sites for hydroxylation is 1. The molecule has 21 heavy (non-hydrogen) atoms. The van der Waals surface area contributed by atoms with Crippen LogP contribution < -0.4 is 4.74 Å². The first-order valence-electron chi connectivity index (χ1n) is 7.33. The van der Waals surface area contributed by atoms with Crippen LogP contribution >= 0.6 is 0 Å². The number of carbonyl (C=O) groups is 1. The Morgan fingerprint density at radius 1 is 1.05 bits per heavy atom. The van der Waals surface area contributed by atoms with Crippen LogP contribution in [0.1, 0.15) is 34.3 Å². The number of ether oxygens (including phenoxy) is 1. The molecule has 0 unspecified atom stereocenters. The fraction of sp³-hybridized carbons (Fsp3) is 0.211. The maximum atomic E-state index is 11.9. The van der Waals surface area contributed by atoms with Crippen LogP contribution in [0.4, 0.5) is 0 Å². The lowest BCUT2D eigenvalue weighted by Gasteiger charge is -2.15. The Hall–Kier alpha value is -2.35. The Labute approximate surface area is 125 Å². The molecule has 2 aromatic rings. The van der Waals surface area contributed by atoms with Crippen molar-refractivity contribution in [3.8, 4) is 5.75 Å². The summed E-state index contributed by atoms with van der Waals surface area (Å²) in [5.41, 5.74) is 3.14. The third-order valence-electron chi connectivity index (χ3n) is 3.69. The number of hydrogen-bond donors (Lipinski definition) is 0. The van der Waals surface area contributed by atoms with Gasteiger partial charge in [0.05, 0.1) is 0 Å². The molecule has 0 saturated carbocycles. The highest BCUT2D eigenvalue weighted by Crippen LogP contribution is 2.25. The minimum atomic E-state index is 0.238. The molecule has 2 nitrogen and oxygen atoms in total. The van der Waals surface area contributed by atoms with Crippen molar-refractivity contribution in [2.24, 2.45) is 0 Å². The second-order valence-electron chi connectivity index (χ2n) is 5.22. The van der Waals surface area contributed by atoms with Crippen molar-refractivity contribution in [2.75, 3.05) is 6.61 Å². The SMILES string of the molecule is O=C1CCCc2ccc(OC/C=C/c3ccccc3)cc21. The number of hydrogen-bond acceptors (Lipinski definition) is 2. The zero-order chi connectivity index (χ0) is 14.5. The number of fused-ring (bicyclic) bond motifs is 1. The summed E-state index contributed by atoms with van der Waals surface area (Å²) in [4.78, 5) is 11.9. The monoisotopic (exact) mass is 278 g/mol. The maximum Gasteiger partial charge on any atom is 0.163 e. The Kier molecular flexibility index (Phi) is 4.15. The highest BCUT2D eigenvalue weighted by atomic mass is 16.5. The third kappa shape index (κ3) is 3.40. The molecule has 0 aliphatic heterocycles. The topological polar surface area (TPSA) is 26.3 Å². The van der Waals surface area contributed by atoms with Crippen molar-refractivity contribution in [3.63, 3.8) is 0 Å². The van der Waals surface area contributed by atoms with Gasteiger partial charge >= 0.3 is 0 Å². The van der Waals surface area contributed by atoms with E-state index in [1.54, 1.807) is 0 Å². The van der Waals surface area contributed by atoms with Gasteiger partial charge in [-0.1, -0.05) is 42.5 Å². The van der Waals surface area contributed by atoms with E-state index in [0.29, 0.717) is 13.0 Å². The van der Waals surface area contributed by atoms with Crippen LogP contribution in [0.3, 0.4) is 0 Å². The first kappa shape index (κ1) is 13.6. The maximum absolute atomic E-state index is 11.9. The highest BCUT2D eigenvalue weighted by molar-refractivity contribution is 5.98. The van der Waals surface area contributed by atoms with Gasteiger partial charge in [-0.25, -0.2) is 0 Å². The average molecular weight is 278 g/mol. The van der Waals surface area contributed by atoms with Gasteiger partial charge in [0.15, 0.2) is 5.78 Å². The lowest BCUT2D eigenvalue weighted by molar-refractivity contribution is 0.0972. The van der Waals surface area contributed by atoms with Crippen LogP contribution in [0.15, 0.2) is 54.6 Å². The summed E-state index contributed by atoms with van der Waals surface area (Å²) in [5.74, 6) is 1.00. The number of Topliss-reactive ketones (excluding diaryl/α,β-unsaturated/α-hetero) is 1. The molecule has 0 bridgehead atoms. The molecule has 0 heterocycles. The van der Waals surface area contributed by atoms with Crippen LogP contribution in [0, 0.1) is 0 Å². The largest absolute Gasteiger partial charge is 0.490 e. The van der Waals surface area contributed by atoms with Crippen LogP contribution in [0.2, 0.25) is 0 Å². The van der Waals surface area contributed by atoms with E-state index >= 15 is 0 Å². The van der Waals surface area contributed by atoms with Crippen LogP contribution in [-0.2, 0) is 6.42 Å². The van der Waals surface area contributed by atoms with Crippen molar-refractivity contribution < 1.29 is 9.53 Å². The molecular formula is C19H18O2. The molecule has 0 N–H and O–H groups in total. The van der Waals surface area contributed by atoms with E-state index in [1.807, 2.05) is 60.7 Å². The van der Waals surface area contributed by atoms with Crippen molar-refractivity contribution >= 4 is 11.9 Å². The highest BCUT2D eigenvalue weighted by Gasteiger charge is 2.17. The predicted octanol–water partition coefficient (Wildman–Crippen LogP) is 4.30. The van der Waals surface area contributed by atoms with E-state index < -0.39 is 0 Å². The lowest BCUT2D eigenvalue weighted by Crippen LogP contribution is -2.10. The summed E-state index contributed by atoms with van der Waals surface area (Å²) in [6, 6.07) is 16.0. The van der Waals surface area contributed by atoms with E-state index in [2.05, 4.69) is 0 Å². The van der Waals surface area contributed by atoms with Gasteiger partial charge in [0, 0.05) is 12.0 Å². The summed E-state index contributed by atoms with van der Waals surface area (Å²) in [7, 11) is 0. The number of carbonyl (C=O) groups excluding carboxylic acids is 1. The molecule has 0 saturated heterocycles. The molecule has 0 radical (unpaired) electrons. The van der Waals surface area contributed by atoms with Crippen molar-refractivity contribution in [1.29, 1.82) is 0 Å². The van der Waals surface area contributed by atoms with Crippen molar-refractivity contribution in [3.05, 3.63) is 71.3 Å². The number of rotatable bonds is 4. The fourth-order valence-corrected chi connectivity index (χ4v) is 2.59. The Balaban J connectivity index is 1.62. The van der Waals surface area contributed by atoms with E-state index in [1.165, 1.54) is 0 Å². The van der Waals surface area contributed by atoms with Crippen LogP contribution in [0.25, 0.3) is 6.08 Å². The molecule has 0 spiro atoms. The Bertz CT molecular complexity index is 657. The summed E-state index contributed by atoms with van der Waals surface area (Å²) in [6.07, 6.45) is 6.63. The summed E-state index contributed by atoms with van der Waals surface area (Å²) in [5, 5.41) is 0. The first-order valence-corrected chi connectivity index (χ1v) is 7.33. The molecule has 3 rings (SSSR count). The number of ketones is 1. The minimum Gasteiger partial charge on any atom is -0.490 e. The second-order valence-corrected chi connectivity index (χ2v) is 5.22. The molecule has 2 heteroatoms. The Morgan fingerprint density at radius 2 is 1.90 bits per heavy atom. The first-order chi connectivity index (χ1) is 10.3. The smallest absolute Gasteiger partial charge is 0.163 e. The Morgan fingerprint density at radius 3 is 2.76 bits per heavy atom. The molecule has 0 atom stereocenters. The molecule has 1 aliphatic carbocycles. The van der Waals surface area contributed by atoms with Gasteiger partial charge in [0.1, 0.15) is 12.4 Å². The van der Waals surface area contributed by atoms with Gasteiger partial charge in [0.25, 0.3) is 0 Å². The summed E-state index contributed by atoms with van der Waals surface area (Å²) in [6.45, 7) is 0.502. The van der Waals surface area contributed by atoms with Gasteiger partial charge in [-0.3, -0.25) is 4.79 Å².